The van der Waals surface area contributed by atoms with Crippen LogP contribution in [-0.2, 0) is 19.0 Å². The summed E-state index contributed by atoms with van der Waals surface area (Å²) in [7, 11) is 1.91. The van der Waals surface area contributed by atoms with Crippen molar-refractivity contribution in [2.45, 2.75) is 43.7 Å². The van der Waals surface area contributed by atoms with Gasteiger partial charge in [-0.1, -0.05) is 79.3 Å². The molecule has 0 unspecified atom stereocenters. The van der Waals surface area contributed by atoms with Gasteiger partial charge in [-0.15, -0.1) is 0 Å². The Kier molecular flexibility index (Phi) is 7.87. The highest BCUT2D eigenvalue weighted by molar-refractivity contribution is 6.91. The summed E-state index contributed by atoms with van der Waals surface area (Å²) in [6.45, 7) is 6.70. The molecule has 3 rings (SSSR count). The number of halogens is 1. The molecule has 0 saturated carbocycles. The third-order valence-electron chi connectivity index (χ3n) is 7.00. The Hall–Kier alpha value is -2.35. The predicted molar refractivity (Wildman–Crippen MR) is 132 cm³/mol. The minimum absolute atomic E-state index is 0.0134. The van der Waals surface area contributed by atoms with E-state index in [-0.39, 0.29) is 17.5 Å². The average Bonchev–Trinajstić information content (AvgIpc) is 3.13. The van der Waals surface area contributed by atoms with Crippen LogP contribution in [0.25, 0.3) is 0 Å². The highest BCUT2D eigenvalue weighted by Gasteiger charge is 2.59. The van der Waals surface area contributed by atoms with Crippen LogP contribution in [-0.4, -0.2) is 58.5 Å². The summed E-state index contributed by atoms with van der Waals surface area (Å²) < 4.78 is 16.0. The molecule has 1 heterocycles. The van der Waals surface area contributed by atoms with Gasteiger partial charge >= 0.3 is 12.1 Å². The standard InChI is InChI=1S/C25H32ClNO5Si/c1-16-20(17-12-14-18(26)15-13-17)27(25(29)32-4)21(22(30-2)24(28)31-3)23(16)33(5,6)19-10-8-7-9-11-19/h7-16,20-23H,1-6H3/t16-,20-,21-,22+,23+/m1/s1. The lowest BCUT2D eigenvalue weighted by molar-refractivity contribution is -0.155. The van der Waals surface area contributed by atoms with Crippen LogP contribution in [0, 0.1) is 5.92 Å². The van der Waals surface area contributed by atoms with Crippen molar-refractivity contribution in [2.24, 2.45) is 5.92 Å². The van der Waals surface area contributed by atoms with Crippen LogP contribution in [0.1, 0.15) is 18.5 Å². The SMILES string of the molecule is COC(=O)[C@@H](OC)[C@@H]1[C@@H]([Si](C)(C)c2ccccc2)[C@H](C)[C@H](c2ccc(Cl)cc2)N1C(=O)OC. The molecular formula is C25H32ClNO5Si. The van der Waals surface area contributed by atoms with E-state index in [0.717, 1.165) is 5.56 Å². The molecule has 0 aliphatic carbocycles. The number of carbonyl (C=O) groups excluding carboxylic acids is 2. The maximum atomic E-state index is 13.2. The van der Waals surface area contributed by atoms with Crippen molar-refractivity contribution in [1.29, 1.82) is 0 Å². The van der Waals surface area contributed by atoms with Gasteiger partial charge in [-0.25, -0.2) is 9.59 Å². The molecule has 0 bridgehead atoms. The minimum Gasteiger partial charge on any atom is -0.467 e. The van der Waals surface area contributed by atoms with Crippen molar-refractivity contribution in [3.05, 3.63) is 65.2 Å². The van der Waals surface area contributed by atoms with E-state index in [1.807, 2.05) is 42.5 Å². The highest BCUT2D eigenvalue weighted by atomic mass is 35.5. The second-order valence-electron chi connectivity index (χ2n) is 9.02. The minimum atomic E-state index is -2.26. The molecule has 1 aliphatic heterocycles. The molecule has 178 valence electrons. The van der Waals surface area contributed by atoms with Crippen molar-refractivity contribution >= 4 is 36.9 Å². The van der Waals surface area contributed by atoms with Gasteiger partial charge in [-0.3, -0.25) is 4.90 Å². The van der Waals surface area contributed by atoms with Gasteiger partial charge in [0.2, 0.25) is 0 Å². The molecule has 0 spiro atoms. The molecule has 1 amide bonds. The molecule has 2 aromatic carbocycles. The van der Waals surface area contributed by atoms with Crippen molar-refractivity contribution in [3.63, 3.8) is 0 Å². The van der Waals surface area contributed by atoms with Crippen LogP contribution in [0.2, 0.25) is 23.7 Å². The second kappa shape index (κ2) is 10.3. The first kappa shape index (κ1) is 25.3. The summed E-state index contributed by atoms with van der Waals surface area (Å²) in [6, 6.07) is 16.9. The van der Waals surface area contributed by atoms with Gasteiger partial charge < -0.3 is 14.2 Å². The summed E-state index contributed by atoms with van der Waals surface area (Å²) in [5.41, 5.74) is 0.908. The summed E-state index contributed by atoms with van der Waals surface area (Å²) in [5, 5.41) is 1.86. The summed E-state index contributed by atoms with van der Waals surface area (Å²) in [5.74, 6) is -0.498. The van der Waals surface area contributed by atoms with E-state index in [1.54, 1.807) is 4.90 Å². The molecule has 8 heteroatoms. The Morgan fingerprint density at radius 1 is 0.970 bits per heavy atom. The fraction of sp³-hybridized carbons (Fsp3) is 0.440. The Morgan fingerprint density at radius 3 is 2.09 bits per heavy atom. The van der Waals surface area contributed by atoms with Gasteiger partial charge in [0.05, 0.1) is 34.4 Å². The van der Waals surface area contributed by atoms with E-state index in [4.69, 9.17) is 25.8 Å². The predicted octanol–water partition coefficient (Wildman–Crippen LogP) is 4.64. The van der Waals surface area contributed by atoms with Gasteiger partial charge in [0.15, 0.2) is 6.10 Å². The zero-order valence-corrected chi connectivity index (χ0v) is 21.7. The number of ether oxygens (including phenoxy) is 3. The van der Waals surface area contributed by atoms with E-state index < -0.39 is 32.3 Å². The number of methoxy groups -OCH3 is 3. The van der Waals surface area contributed by atoms with Gasteiger partial charge in [0, 0.05) is 12.1 Å². The quantitative estimate of drug-likeness (QED) is 0.437. The molecule has 0 N–H and O–H groups in total. The fourth-order valence-corrected chi connectivity index (χ4v) is 9.80. The number of carbonyl (C=O) groups is 2. The number of amides is 1. The Bertz CT molecular complexity index is 969. The van der Waals surface area contributed by atoms with Crippen LogP contribution in [0.3, 0.4) is 0 Å². The summed E-state index contributed by atoms with van der Waals surface area (Å²) in [4.78, 5) is 27.8. The van der Waals surface area contributed by atoms with E-state index in [1.165, 1.54) is 26.5 Å². The molecule has 1 saturated heterocycles. The number of hydrogen-bond acceptors (Lipinski definition) is 5. The van der Waals surface area contributed by atoms with Crippen molar-refractivity contribution in [1.82, 2.24) is 4.90 Å². The molecule has 5 atom stereocenters. The van der Waals surface area contributed by atoms with Crippen LogP contribution in [0.15, 0.2) is 54.6 Å². The number of likely N-dealkylation sites (tertiary alicyclic amines) is 1. The maximum Gasteiger partial charge on any atom is 0.410 e. The van der Waals surface area contributed by atoms with Crippen LogP contribution in [0.4, 0.5) is 4.79 Å². The largest absolute Gasteiger partial charge is 0.467 e. The van der Waals surface area contributed by atoms with E-state index in [9.17, 15) is 9.59 Å². The van der Waals surface area contributed by atoms with Gasteiger partial charge in [0.25, 0.3) is 0 Å². The zero-order valence-electron chi connectivity index (χ0n) is 19.9. The van der Waals surface area contributed by atoms with Crippen molar-refractivity contribution in [3.8, 4) is 0 Å². The highest BCUT2D eigenvalue weighted by Crippen LogP contribution is 2.53. The Morgan fingerprint density at radius 2 is 1.58 bits per heavy atom. The monoisotopic (exact) mass is 489 g/mol. The lowest BCUT2D eigenvalue weighted by Crippen LogP contribution is -2.57. The fourth-order valence-electron chi connectivity index (χ4n) is 5.55. The normalized spacial score (nSPS) is 23.8. The number of hydrogen-bond donors (Lipinski definition) is 0. The Labute approximate surface area is 201 Å². The van der Waals surface area contributed by atoms with E-state index in [2.05, 4.69) is 32.2 Å². The van der Waals surface area contributed by atoms with E-state index in [0.29, 0.717) is 5.02 Å². The lowest BCUT2D eigenvalue weighted by Gasteiger charge is -2.39. The van der Waals surface area contributed by atoms with Gasteiger partial charge in [-0.2, -0.15) is 0 Å². The third-order valence-corrected chi connectivity index (χ3v) is 11.6. The average molecular weight is 490 g/mol. The van der Waals surface area contributed by atoms with Crippen molar-refractivity contribution in [2.75, 3.05) is 21.3 Å². The molecule has 1 aliphatic rings. The topological polar surface area (TPSA) is 65.1 Å². The summed E-state index contributed by atoms with van der Waals surface area (Å²) in [6.07, 6.45) is -1.45. The maximum absolute atomic E-state index is 13.2. The molecule has 6 nitrogen and oxygen atoms in total. The molecular weight excluding hydrogens is 458 g/mol. The van der Waals surface area contributed by atoms with Crippen LogP contribution in [0.5, 0.6) is 0 Å². The van der Waals surface area contributed by atoms with Gasteiger partial charge in [-0.05, 0) is 29.2 Å². The number of rotatable bonds is 6. The first-order valence-electron chi connectivity index (χ1n) is 11.0. The molecule has 2 aromatic rings. The number of nitrogens with zero attached hydrogens (tertiary/aromatic N) is 1. The molecule has 0 aromatic heterocycles. The first-order valence-corrected chi connectivity index (χ1v) is 14.4. The second-order valence-corrected chi connectivity index (χ2v) is 14.1. The van der Waals surface area contributed by atoms with Gasteiger partial charge in [0.1, 0.15) is 0 Å². The van der Waals surface area contributed by atoms with E-state index >= 15 is 0 Å². The van der Waals surface area contributed by atoms with Crippen LogP contribution < -0.4 is 5.19 Å². The van der Waals surface area contributed by atoms with Crippen molar-refractivity contribution < 1.29 is 23.8 Å². The van der Waals surface area contributed by atoms with Crippen LogP contribution >= 0.6 is 11.6 Å². The number of esters is 1. The zero-order chi connectivity index (χ0) is 24.3. The third kappa shape index (κ3) is 4.67. The number of benzene rings is 2. The Balaban J connectivity index is 2.24. The smallest absolute Gasteiger partial charge is 0.410 e. The summed E-state index contributed by atoms with van der Waals surface area (Å²) >= 11 is 6.14. The first-order chi connectivity index (χ1) is 15.7. The molecule has 0 radical (unpaired) electrons. The molecule has 33 heavy (non-hydrogen) atoms. The molecule has 1 fully saturated rings. The lowest BCUT2D eigenvalue weighted by atomic mass is 9.93.